The number of amides is 3. The van der Waals surface area contributed by atoms with Gasteiger partial charge < -0.3 is 15.2 Å². The van der Waals surface area contributed by atoms with Crippen molar-refractivity contribution >= 4 is 29.4 Å². The fourth-order valence-electron chi connectivity index (χ4n) is 1.77. The molecule has 1 rings (SSSR count). The van der Waals surface area contributed by atoms with E-state index < -0.39 is 17.8 Å². The molecule has 0 aliphatic carbocycles. The second-order valence-corrected chi connectivity index (χ2v) is 5.06. The lowest BCUT2D eigenvalue weighted by molar-refractivity contribution is -0.297. The maximum Gasteiger partial charge on any atom is 0.262 e. The average molecular weight is 332 g/mol. The number of aryl methyl sites for hydroxylation is 2. The summed E-state index contributed by atoms with van der Waals surface area (Å²) in [5, 5.41) is 12.8. The minimum Gasteiger partial charge on any atom is -0.545 e. The number of hydrazine groups is 1. The molecule has 1 aromatic rings. The minimum atomic E-state index is -1.53. The van der Waals surface area contributed by atoms with Crippen LogP contribution in [0.15, 0.2) is 30.4 Å². The standard InChI is InChI=1S/C16H19N3O5/c1-10-3-4-12(11(2)9-10)17-13(20)5-6-14(21)18-19-15(22)7-8-16(23)24/h3-4,7-9H,5-6H2,1-2H3,(H,17,20)(H,18,21)(H,19,22)(H,23,24)/p-1/b8-7+. The Bertz CT molecular complexity index is 682. The lowest BCUT2D eigenvalue weighted by atomic mass is 10.1. The number of carbonyl (C=O) groups excluding carboxylic acids is 4. The highest BCUT2D eigenvalue weighted by molar-refractivity contribution is 5.96. The van der Waals surface area contributed by atoms with E-state index in [4.69, 9.17) is 0 Å². The number of nitrogens with one attached hydrogen (secondary N) is 3. The summed E-state index contributed by atoms with van der Waals surface area (Å²) >= 11 is 0. The number of rotatable bonds is 6. The predicted octanol–water partition coefficient (Wildman–Crippen LogP) is -0.524. The molecule has 3 amide bonds. The lowest BCUT2D eigenvalue weighted by Gasteiger charge is -2.09. The summed E-state index contributed by atoms with van der Waals surface area (Å²) in [4.78, 5) is 44.5. The van der Waals surface area contributed by atoms with E-state index in [0.29, 0.717) is 17.8 Å². The van der Waals surface area contributed by atoms with Crippen molar-refractivity contribution < 1.29 is 24.3 Å². The molecule has 0 saturated carbocycles. The Labute approximate surface area is 138 Å². The SMILES string of the molecule is Cc1ccc(NC(=O)CCC(=O)NNC(=O)/C=C/C(=O)[O-])c(C)c1. The van der Waals surface area contributed by atoms with Gasteiger partial charge in [0, 0.05) is 24.6 Å². The molecule has 8 nitrogen and oxygen atoms in total. The highest BCUT2D eigenvalue weighted by atomic mass is 16.4. The van der Waals surface area contributed by atoms with Gasteiger partial charge in [-0.05, 0) is 31.6 Å². The van der Waals surface area contributed by atoms with Crippen LogP contribution in [-0.4, -0.2) is 23.7 Å². The first kappa shape index (κ1) is 18.9. The Kier molecular flexibility index (Phi) is 7.15. The molecule has 1 aromatic carbocycles. The van der Waals surface area contributed by atoms with Gasteiger partial charge in [-0.15, -0.1) is 0 Å². The Morgan fingerprint density at radius 3 is 2.29 bits per heavy atom. The van der Waals surface area contributed by atoms with Crippen molar-refractivity contribution in [3.05, 3.63) is 41.5 Å². The van der Waals surface area contributed by atoms with Crippen molar-refractivity contribution in [3.63, 3.8) is 0 Å². The second-order valence-electron chi connectivity index (χ2n) is 5.06. The van der Waals surface area contributed by atoms with E-state index in [2.05, 4.69) is 10.7 Å². The molecule has 0 heterocycles. The highest BCUT2D eigenvalue weighted by Crippen LogP contribution is 2.16. The van der Waals surface area contributed by atoms with Crippen LogP contribution in [0.5, 0.6) is 0 Å². The molecule has 0 spiro atoms. The molecule has 0 radical (unpaired) electrons. The van der Waals surface area contributed by atoms with Gasteiger partial charge >= 0.3 is 0 Å². The largest absolute Gasteiger partial charge is 0.545 e. The van der Waals surface area contributed by atoms with Crippen LogP contribution < -0.4 is 21.3 Å². The number of carbonyl (C=O) groups is 4. The summed E-state index contributed by atoms with van der Waals surface area (Å²) in [7, 11) is 0. The predicted molar refractivity (Wildman–Crippen MR) is 84.2 cm³/mol. The Morgan fingerprint density at radius 2 is 1.67 bits per heavy atom. The fourth-order valence-corrected chi connectivity index (χ4v) is 1.77. The van der Waals surface area contributed by atoms with Crippen LogP contribution in [0.1, 0.15) is 24.0 Å². The normalized spacial score (nSPS) is 10.2. The van der Waals surface area contributed by atoms with E-state index in [1.54, 1.807) is 6.07 Å². The smallest absolute Gasteiger partial charge is 0.262 e. The molecule has 0 fully saturated rings. The van der Waals surface area contributed by atoms with E-state index >= 15 is 0 Å². The van der Waals surface area contributed by atoms with E-state index in [9.17, 15) is 24.3 Å². The number of anilines is 1. The summed E-state index contributed by atoms with van der Waals surface area (Å²) in [6.45, 7) is 3.81. The molecule has 0 aromatic heterocycles. The number of hydrogen-bond acceptors (Lipinski definition) is 5. The summed E-state index contributed by atoms with van der Waals surface area (Å²) in [6, 6.07) is 5.58. The quantitative estimate of drug-likeness (QED) is 0.477. The molecule has 128 valence electrons. The zero-order valence-electron chi connectivity index (χ0n) is 13.3. The van der Waals surface area contributed by atoms with Crippen molar-refractivity contribution in [1.29, 1.82) is 0 Å². The van der Waals surface area contributed by atoms with Gasteiger partial charge in [-0.1, -0.05) is 17.7 Å². The molecular formula is C16H18N3O5-. The van der Waals surface area contributed by atoms with Gasteiger partial charge in [0.25, 0.3) is 5.91 Å². The molecular weight excluding hydrogens is 314 g/mol. The summed E-state index contributed by atoms with van der Waals surface area (Å²) in [5.41, 5.74) is 6.71. The van der Waals surface area contributed by atoms with Crippen molar-refractivity contribution in [2.45, 2.75) is 26.7 Å². The number of carboxylic acid groups (broad SMARTS) is 1. The van der Waals surface area contributed by atoms with E-state index in [1.165, 1.54) is 0 Å². The maximum absolute atomic E-state index is 11.8. The van der Waals surface area contributed by atoms with Crippen LogP contribution in [0.3, 0.4) is 0 Å². The minimum absolute atomic E-state index is 0.0656. The molecule has 0 saturated heterocycles. The van der Waals surface area contributed by atoms with Crippen LogP contribution in [0, 0.1) is 13.8 Å². The number of benzene rings is 1. The van der Waals surface area contributed by atoms with Gasteiger partial charge in [-0.2, -0.15) is 0 Å². The van der Waals surface area contributed by atoms with E-state index in [-0.39, 0.29) is 18.7 Å². The van der Waals surface area contributed by atoms with Crippen LogP contribution in [0.4, 0.5) is 5.69 Å². The maximum atomic E-state index is 11.8. The molecule has 8 heteroatoms. The van der Waals surface area contributed by atoms with Crippen LogP contribution >= 0.6 is 0 Å². The molecule has 0 aliphatic rings. The van der Waals surface area contributed by atoms with Gasteiger partial charge in [0.15, 0.2) is 0 Å². The Hall–Kier alpha value is -3.16. The average Bonchev–Trinajstić information content (AvgIpc) is 2.51. The van der Waals surface area contributed by atoms with E-state index in [1.807, 2.05) is 31.4 Å². The highest BCUT2D eigenvalue weighted by Gasteiger charge is 2.09. The van der Waals surface area contributed by atoms with Gasteiger partial charge in [-0.25, -0.2) is 0 Å². The third-order valence-corrected chi connectivity index (χ3v) is 2.93. The van der Waals surface area contributed by atoms with Crippen molar-refractivity contribution in [2.24, 2.45) is 0 Å². The molecule has 0 atom stereocenters. The number of hydrogen-bond donors (Lipinski definition) is 3. The first-order valence-corrected chi connectivity index (χ1v) is 7.13. The van der Waals surface area contributed by atoms with Crippen molar-refractivity contribution in [1.82, 2.24) is 10.9 Å². The van der Waals surface area contributed by atoms with Crippen LogP contribution in [0.25, 0.3) is 0 Å². The number of aliphatic carboxylic acids is 1. The molecule has 0 bridgehead atoms. The van der Waals surface area contributed by atoms with Gasteiger partial charge in [0.2, 0.25) is 11.8 Å². The zero-order chi connectivity index (χ0) is 18.1. The topological polar surface area (TPSA) is 127 Å². The first-order valence-electron chi connectivity index (χ1n) is 7.13. The Balaban J connectivity index is 2.34. The summed E-state index contributed by atoms with van der Waals surface area (Å²) in [6.07, 6.45) is 1.02. The summed E-state index contributed by atoms with van der Waals surface area (Å²) < 4.78 is 0. The van der Waals surface area contributed by atoms with Gasteiger partial charge in [0.05, 0.1) is 5.97 Å². The van der Waals surface area contributed by atoms with Crippen LogP contribution in [-0.2, 0) is 19.2 Å². The zero-order valence-corrected chi connectivity index (χ0v) is 13.3. The monoisotopic (exact) mass is 332 g/mol. The fraction of sp³-hybridized carbons (Fsp3) is 0.250. The molecule has 3 N–H and O–H groups in total. The summed E-state index contributed by atoms with van der Waals surface area (Å²) in [5.74, 6) is -3.27. The third kappa shape index (κ3) is 7.21. The lowest BCUT2D eigenvalue weighted by Crippen LogP contribution is -2.41. The Morgan fingerprint density at radius 1 is 1.00 bits per heavy atom. The van der Waals surface area contributed by atoms with Crippen molar-refractivity contribution in [3.8, 4) is 0 Å². The number of carboxylic acids is 1. The second kappa shape index (κ2) is 9.09. The molecule has 0 aliphatic heterocycles. The van der Waals surface area contributed by atoms with Gasteiger partial charge in [-0.3, -0.25) is 25.2 Å². The third-order valence-electron chi connectivity index (χ3n) is 2.93. The van der Waals surface area contributed by atoms with Crippen molar-refractivity contribution in [2.75, 3.05) is 5.32 Å². The van der Waals surface area contributed by atoms with E-state index in [0.717, 1.165) is 11.1 Å². The van der Waals surface area contributed by atoms with Gasteiger partial charge in [0.1, 0.15) is 0 Å². The van der Waals surface area contributed by atoms with Crippen LogP contribution in [0.2, 0.25) is 0 Å². The molecule has 0 unspecified atom stereocenters. The molecule has 24 heavy (non-hydrogen) atoms. The first-order chi connectivity index (χ1) is 11.3.